The van der Waals surface area contributed by atoms with E-state index in [2.05, 4.69) is 20.6 Å². The quantitative estimate of drug-likeness (QED) is 0.821. The normalized spacial score (nSPS) is 10.2. The molecule has 0 unspecified atom stereocenters. The van der Waals surface area contributed by atoms with Crippen LogP contribution < -0.4 is 15.4 Å². The molecule has 2 N–H and O–H groups in total. The van der Waals surface area contributed by atoms with E-state index in [1.807, 2.05) is 45.0 Å². The molecule has 0 saturated carbocycles. The highest BCUT2D eigenvalue weighted by Crippen LogP contribution is 2.18. The van der Waals surface area contributed by atoms with Gasteiger partial charge in [0.1, 0.15) is 11.4 Å². The Kier molecular flexibility index (Phi) is 5.91. The Morgan fingerprint density at radius 2 is 1.91 bits per heavy atom. The van der Waals surface area contributed by atoms with Crippen LogP contribution in [0.3, 0.4) is 0 Å². The Labute approximate surface area is 136 Å². The van der Waals surface area contributed by atoms with E-state index in [1.54, 1.807) is 6.07 Å². The van der Waals surface area contributed by atoms with Crippen LogP contribution in [0.4, 0.5) is 11.6 Å². The number of hydrogen-bond acceptors (Lipinski definition) is 5. The van der Waals surface area contributed by atoms with Gasteiger partial charge in [-0.1, -0.05) is 6.92 Å². The number of nitrogens with one attached hydrogen (secondary N) is 2. The Morgan fingerprint density at radius 1 is 1.17 bits per heavy atom. The van der Waals surface area contributed by atoms with Gasteiger partial charge in [-0.15, -0.1) is 0 Å². The van der Waals surface area contributed by atoms with Crippen LogP contribution in [0.1, 0.15) is 36.5 Å². The minimum atomic E-state index is -0.188. The number of aromatic nitrogens is 2. The van der Waals surface area contributed by atoms with Crippen LogP contribution in [0, 0.1) is 6.92 Å². The number of ether oxygens (including phenoxy) is 1. The minimum absolute atomic E-state index is 0.188. The zero-order valence-electron chi connectivity index (χ0n) is 13.7. The summed E-state index contributed by atoms with van der Waals surface area (Å²) >= 11 is 0. The molecule has 2 rings (SSSR count). The van der Waals surface area contributed by atoms with Gasteiger partial charge in [0.2, 0.25) is 5.95 Å². The lowest BCUT2D eigenvalue weighted by molar-refractivity contribution is 0.0948. The second kappa shape index (κ2) is 8.12. The topological polar surface area (TPSA) is 76.1 Å². The molecule has 6 heteroatoms. The second-order valence-electron chi connectivity index (χ2n) is 5.06. The van der Waals surface area contributed by atoms with Crippen molar-refractivity contribution in [2.24, 2.45) is 0 Å². The molecule has 0 spiro atoms. The van der Waals surface area contributed by atoms with Crippen LogP contribution in [0.15, 0.2) is 30.3 Å². The first-order chi connectivity index (χ1) is 11.1. The Bertz CT molecular complexity index is 656. The number of nitrogens with zero attached hydrogens (tertiary/aromatic N) is 2. The molecule has 1 aromatic heterocycles. The van der Waals surface area contributed by atoms with Crippen LogP contribution in [0.5, 0.6) is 5.75 Å². The molecule has 1 amide bonds. The molecule has 1 aromatic carbocycles. The summed E-state index contributed by atoms with van der Waals surface area (Å²) in [6, 6.07) is 9.18. The molecule has 122 valence electrons. The summed E-state index contributed by atoms with van der Waals surface area (Å²) < 4.78 is 5.41. The highest BCUT2D eigenvalue weighted by atomic mass is 16.5. The molecule has 0 aliphatic heterocycles. The van der Waals surface area contributed by atoms with Gasteiger partial charge in [-0.05, 0) is 50.6 Å². The molecule has 2 aromatic rings. The molecule has 0 saturated heterocycles. The third-order valence-electron chi connectivity index (χ3n) is 3.04. The maximum absolute atomic E-state index is 12.0. The standard InChI is InChI=1S/C17H22N4O2/c1-4-10-18-16(22)15-11-12(3)19-17(21-15)20-13-6-8-14(9-7-13)23-5-2/h6-9,11H,4-5,10H2,1-3H3,(H,18,22)(H,19,20,21). The van der Waals surface area contributed by atoms with Crippen LogP contribution >= 0.6 is 0 Å². The van der Waals surface area contributed by atoms with E-state index in [0.717, 1.165) is 23.6 Å². The fraction of sp³-hybridized carbons (Fsp3) is 0.353. The number of carbonyl (C=O) groups excluding carboxylic acids is 1. The van der Waals surface area contributed by atoms with Gasteiger partial charge in [0.25, 0.3) is 5.91 Å². The molecule has 0 atom stereocenters. The Morgan fingerprint density at radius 3 is 2.57 bits per heavy atom. The zero-order chi connectivity index (χ0) is 16.7. The van der Waals surface area contributed by atoms with Gasteiger partial charge in [0, 0.05) is 17.9 Å². The fourth-order valence-corrected chi connectivity index (χ4v) is 2.00. The molecule has 0 aliphatic carbocycles. The van der Waals surface area contributed by atoms with Crippen LogP contribution in [-0.4, -0.2) is 29.0 Å². The lowest BCUT2D eigenvalue weighted by atomic mass is 10.3. The third-order valence-corrected chi connectivity index (χ3v) is 3.04. The molecule has 0 radical (unpaired) electrons. The number of carbonyl (C=O) groups is 1. The number of amides is 1. The summed E-state index contributed by atoms with van der Waals surface area (Å²) in [7, 11) is 0. The van der Waals surface area contributed by atoms with Crippen molar-refractivity contribution >= 4 is 17.5 Å². The first-order valence-electron chi connectivity index (χ1n) is 7.76. The average molecular weight is 314 g/mol. The van der Waals surface area contributed by atoms with Crippen molar-refractivity contribution in [2.45, 2.75) is 27.2 Å². The van der Waals surface area contributed by atoms with Crippen molar-refractivity contribution in [3.63, 3.8) is 0 Å². The predicted molar refractivity (Wildman–Crippen MR) is 90.3 cm³/mol. The summed E-state index contributed by atoms with van der Waals surface area (Å²) in [6.07, 6.45) is 0.882. The molecule has 1 heterocycles. The minimum Gasteiger partial charge on any atom is -0.494 e. The highest BCUT2D eigenvalue weighted by Gasteiger charge is 2.10. The van der Waals surface area contributed by atoms with Gasteiger partial charge in [0.05, 0.1) is 6.61 Å². The van der Waals surface area contributed by atoms with Gasteiger partial charge >= 0.3 is 0 Å². The first kappa shape index (κ1) is 16.7. The van der Waals surface area contributed by atoms with Crippen LogP contribution in [-0.2, 0) is 0 Å². The third kappa shape index (κ3) is 4.95. The summed E-state index contributed by atoms with van der Waals surface area (Å²) in [6.45, 7) is 7.04. The van der Waals surface area contributed by atoms with E-state index in [0.29, 0.717) is 24.8 Å². The molecular weight excluding hydrogens is 292 g/mol. The molecule has 0 aliphatic rings. The van der Waals surface area contributed by atoms with Crippen molar-refractivity contribution in [3.8, 4) is 5.75 Å². The number of rotatable bonds is 7. The van der Waals surface area contributed by atoms with Crippen LogP contribution in [0.2, 0.25) is 0 Å². The van der Waals surface area contributed by atoms with Crippen molar-refractivity contribution in [2.75, 3.05) is 18.5 Å². The van der Waals surface area contributed by atoms with E-state index in [1.165, 1.54) is 0 Å². The maximum Gasteiger partial charge on any atom is 0.270 e. The van der Waals surface area contributed by atoms with E-state index in [4.69, 9.17) is 4.74 Å². The van der Waals surface area contributed by atoms with Gasteiger partial charge in [-0.25, -0.2) is 9.97 Å². The zero-order valence-corrected chi connectivity index (χ0v) is 13.7. The van der Waals surface area contributed by atoms with Gasteiger partial charge in [-0.3, -0.25) is 4.79 Å². The smallest absolute Gasteiger partial charge is 0.270 e. The maximum atomic E-state index is 12.0. The average Bonchev–Trinajstić information content (AvgIpc) is 2.54. The second-order valence-corrected chi connectivity index (χ2v) is 5.06. The first-order valence-corrected chi connectivity index (χ1v) is 7.76. The van der Waals surface area contributed by atoms with E-state index in [9.17, 15) is 4.79 Å². The molecule has 0 bridgehead atoms. The van der Waals surface area contributed by atoms with E-state index >= 15 is 0 Å². The summed E-state index contributed by atoms with van der Waals surface area (Å²) in [5.74, 6) is 1.02. The van der Waals surface area contributed by atoms with Crippen LogP contribution in [0.25, 0.3) is 0 Å². The van der Waals surface area contributed by atoms with Gasteiger partial charge in [-0.2, -0.15) is 0 Å². The summed E-state index contributed by atoms with van der Waals surface area (Å²) in [5.41, 5.74) is 1.92. The van der Waals surface area contributed by atoms with Gasteiger partial charge < -0.3 is 15.4 Å². The fourth-order valence-electron chi connectivity index (χ4n) is 2.00. The highest BCUT2D eigenvalue weighted by molar-refractivity contribution is 5.92. The van der Waals surface area contributed by atoms with Gasteiger partial charge in [0.15, 0.2) is 0 Å². The summed E-state index contributed by atoms with van der Waals surface area (Å²) in [5, 5.41) is 5.92. The molecule has 6 nitrogen and oxygen atoms in total. The van der Waals surface area contributed by atoms with Crippen molar-refractivity contribution in [3.05, 3.63) is 41.7 Å². The predicted octanol–water partition coefficient (Wildman–Crippen LogP) is 3.07. The monoisotopic (exact) mass is 314 g/mol. The van der Waals surface area contributed by atoms with E-state index in [-0.39, 0.29) is 5.91 Å². The largest absolute Gasteiger partial charge is 0.494 e. The van der Waals surface area contributed by atoms with E-state index < -0.39 is 0 Å². The molecular formula is C17H22N4O2. The summed E-state index contributed by atoms with van der Waals surface area (Å²) in [4.78, 5) is 20.6. The number of anilines is 2. The van der Waals surface area contributed by atoms with Crippen molar-refractivity contribution in [1.29, 1.82) is 0 Å². The number of benzene rings is 1. The van der Waals surface area contributed by atoms with Crippen molar-refractivity contribution < 1.29 is 9.53 Å². The Balaban J connectivity index is 2.13. The number of hydrogen-bond donors (Lipinski definition) is 2. The molecule has 23 heavy (non-hydrogen) atoms. The number of aryl methyl sites for hydroxylation is 1. The molecule has 0 fully saturated rings. The Hall–Kier alpha value is -2.63. The SMILES string of the molecule is CCCNC(=O)c1cc(C)nc(Nc2ccc(OCC)cc2)n1. The lowest BCUT2D eigenvalue weighted by Gasteiger charge is -2.09. The van der Waals surface area contributed by atoms with Crippen molar-refractivity contribution in [1.82, 2.24) is 15.3 Å². The lowest BCUT2D eigenvalue weighted by Crippen LogP contribution is -2.25.